The van der Waals surface area contributed by atoms with Crippen LogP contribution in [0.2, 0.25) is 0 Å². The minimum atomic E-state index is -0.438. The van der Waals surface area contributed by atoms with Crippen LogP contribution in [0.25, 0.3) is 10.9 Å². The molecule has 0 aliphatic carbocycles. The Bertz CT molecular complexity index is 1400. The molecule has 0 spiro atoms. The van der Waals surface area contributed by atoms with Crippen LogP contribution in [0.15, 0.2) is 42.5 Å². The van der Waals surface area contributed by atoms with E-state index in [2.05, 4.69) is 12.2 Å². The number of fused-ring (bicyclic) bond motifs is 1. The second kappa shape index (κ2) is 16.6. The van der Waals surface area contributed by atoms with Crippen molar-refractivity contribution in [2.75, 3.05) is 19.6 Å². The van der Waals surface area contributed by atoms with E-state index < -0.39 is 5.97 Å². The lowest BCUT2D eigenvalue weighted by Crippen LogP contribution is -2.30. The average Bonchev–Trinajstić information content (AvgIpc) is 3.25. The fourth-order valence-electron chi connectivity index (χ4n) is 5.44. The van der Waals surface area contributed by atoms with Gasteiger partial charge in [0.2, 0.25) is 11.8 Å². The van der Waals surface area contributed by atoms with Crippen molar-refractivity contribution in [2.24, 2.45) is 0 Å². The van der Waals surface area contributed by atoms with Gasteiger partial charge in [0.1, 0.15) is 5.75 Å². The summed E-state index contributed by atoms with van der Waals surface area (Å²) in [6.45, 7) is 11.4. The largest absolute Gasteiger partial charge is 0.427 e. The number of carbonyl (C=O) groups excluding carboxylic acids is 4. The highest BCUT2D eigenvalue weighted by Crippen LogP contribution is 2.31. The summed E-state index contributed by atoms with van der Waals surface area (Å²) >= 11 is 0. The Morgan fingerprint density at radius 3 is 2.23 bits per heavy atom. The third kappa shape index (κ3) is 9.27. The molecule has 0 radical (unpaired) electrons. The summed E-state index contributed by atoms with van der Waals surface area (Å²) in [6.07, 6.45) is 7.40. The van der Waals surface area contributed by atoms with Gasteiger partial charge in [-0.2, -0.15) is 0 Å². The van der Waals surface area contributed by atoms with Gasteiger partial charge in [-0.3, -0.25) is 23.7 Å². The Hall–Kier alpha value is -3.94. The number of esters is 1. The fourth-order valence-corrected chi connectivity index (χ4v) is 5.44. The Kier molecular flexibility index (Phi) is 13.0. The monoisotopic (exact) mass is 589 g/mol. The van der Waals surface area contributed by atoms with E-state index in [-0.39, 0.29) is 24.1 Å². The number of nitrogens with zero attached hydrogens (tertiary/aromatic N) is 2. The maximum absolute atomic E-state index is 13.7. The average molecular weight is 590 g/mol. The second-order valence-electron chi connectivity index (χ2n) is 11.0. The topological polar surface area (TPSA) is 97.7 Å². The van der Waals surface area contributed by atoms with Crippen molar-refractivity contribution < 1.29 is 23.9 Å². The number of hydrogen-bond donors (Lipinski definition) is 1. The van der Waals surface area contributed by atoms with Crippen LogP contribution >= 0.6 is 0 Å². The third-order valence-corrected chi connectivity index (χ3v) is 7.88. The normalized spacial score (nSPS) is 11.0. The molecular weight excluding hydrogens is 542 g/mol. The molecule has 0 aliphatic rings. The maximum Gasteiger partial charge on any atom is 0.308 e. The highest BCUT2D eigenvalue weighted by molar-refractivity contribution is 6.05. The number of nitrogens with one attached hydrogen (secondary N) is 1. The molecule has 0 unspecified atom stereocenters. The zero-order valence-corrected chi connectivity index (χ0v) is 26.5. The van der Waals surface area contributed by atoms with E-state index in [0.29, 0.717) is 40.9 Å². The number of unbranched alkanes of at least 4 members (excludes halogenated alkanes) is 4. The van der Waals surface area contributed by atoms with Crippen LogP contribution in [-0.4, -0.2) is 52.8 Å². The van der Waals surface area contributed by atoms with Gasteiger partial charge in [-0.05, 0) is 87.9 Å². The zero-order valence-electron chi connectivity index (χ0n) is 26.5. The van der Waals surface area contributed by atoms with Crippen molar-refractivity contribution in [3.8, 4) is 5.75 Å². The quantitative estimate of drug-likeness (QED) is 0.119. The van der Waals surface area contributed by atoms with Gasteiger partial charge < -0.3 is 15.0 Å². The smallest absolute Gasteiger partial charge is 0.308 e. The maximum atomic E-state index is 13.7. The molecule has 8 heteroatoms. The standard InChI is InChI=1S/C35H47N3O5/c1-6-9-14-27-16-18-28(19-17-27)35(42)38-25(4)30(31-23-29(43-26(5)39)20-21-32(31)38)24-33(40)36-22-13-11-10-12-15-34(41)37(7-2)8-3/h16-21,23H,6-15,22,24H2,1-5H3,(H,36,40). The first kappa shape index (κ1) is 33.6. The van der Waals surface area contributed by atoms with Gasteiger partial charge in [0.15, 0.2) is 0 Å². The van der Waals surface area contributed by atoms with E-state index >= 15 is 0 Å². The number of benzene rings is 2. The highest BCUT2D eigenvalue weighted by atomic mass is 16.5. The minimum absolute atomic E-state index is 0.0977. The van der Waals surface area contributed by atoms with Gasteiger partial charge >= 0.3 is 5.97 Å². The number of amides is 2. The Morgan fingerprint density at radius 2 is 1.58 bits per heavy atom. The molecule has 1 heterocycles. The van der Waals surface area contributed by atoms with Crippen LogP contribution in [0.5, 0.6) is 5.75 Å². The molecule has 1 N–H and O–H groups in total. The van der Waals surface area contributed by atoms with E-state index in [1.165, 1.54) is 12.5 Å². The molecule has 0 fully saturated rings. The molecule has 3 rings (SSSR count). The molecule has 0 atom stereocenters. The number of aromatic nitrogens is 1. The number of aryl methyl sites for hydroxylation is 1. The van der Waals surface area contributed by atoms with Gasteiger partial charge in [-0.25, -0.2) is 0 Å². The Morgan fingerprint density at radius 1 is 0.884 bits per heavy atom. The lowest BCUT2D eigenvalue weighted by molar-refractivity contribution is -0.132. The van der Waals surface area contributed by atoms with E-state index in [9.17, 15) is 19.2 Å². The zero-order chi connectivity index (χ0) is 31.4. The van der Waals surface area contributed by atoms with Crippen LogP contribution in [0.3, 0.4) is 0 Å². The fraction of sp³-hybridized carbons (Fsp3) is 0.486. The second-order valence-corrected chi connectivity index (χ2v) is 11.0. The lowest BCUT2D eigenvalue weighted by atomic mass is 10.1. The predicted molar refractivity (Wildman–Crippen MR) is 170 cm³/mol. The SMILES string of the molecule is CCCCc1ccc(C(=O)n2c(C)c(CC(=O)NCCCCCCC(=O)N(CC)CC)c3cc(OC(C)=O)ccc32)cc1. The van der Waals surface area contributed by atoms with Crippen LogP contribution in [0.1, 0.15) is 99.8 Å². The predicted octanol–water partition coefficient (Wildman–Crippen LogP) is 6.38. The van der Waals surface area contributed by atoms with Gasteiger partial charge in [-0.15, -0.1) is 0 Å². The molecule has 0 saturated heterocycles. The molecule has 2 amide bonds. The summed E-state index contributed by atoms with van der Waals surface area (Å²) in [6, 6.07) is 12.9. The van der Waals surface area contributed by atoms with Crippen molar-refractivity contribution in [3.05, 3.63) is 64.8 Å². The van der Waals surface area contributed by atoms with E-state index in [4.69, 9.17) is 4.74 Å². The molecule has 3 aromatic rings. The van der Waals surface area contributed by atoms with Crippen LogP contribution in [-0.2, 0) is 27.2 Å². The Labute approximate surface area is 255 Å². The summed E-state index contributed by atoms with van der Waals surface area (Å²) in [7, 11) is 0. The van der Waals surface area contributed by atoms with Gasteiger partial charge in [0, 0.05) is 49.6 Å². The van der Waals surface area contributed by atoms with Crippen LogP contribution < -0.4 is 10.1 Å². The van der Waals surface area contributed by atoms with Crippen molar-refractivity contribution in [2.45, 2.75) is 92.4 Å². The first-order valence-electron chi connectivity index (χ1n) is 15.7. The first-order valence-corrected chi connectivity index (χ1v) is 15.7. The van der Waals surface area contributed by atoms with Crippen LogP contribution in [0.4, 0.5) is 0 Å². The van der Waals surface area contributed by atoms with Gasteiger partial charge in [0.05, 0.1) is 11.9 Å². The first-order chi connectivity index (χ1) is 20.7. The van der Waals surface area contributed by atoms with E-state index in [1.54, 1.807) is 22.8 Å². The summed E-state index contributed by atoms with van der Waals surface area (Å²) in [4.78, 5) is 52.4. The molecule has 232 valence electrons. The van der Waals surface area contributed by atoms with Crippen molar-refractivity contribution in [1.29, 1.82) is 0 Å². The van der Waals surface area contributed by atoms with E-state index in [1.807, 2.05) is 49.9 Å². The summed E-state index contributed by atoms with van der Waals surface area (Å²) < 4.78 is 6.97. The van der Waals surface area contributed by atoms with Gasteiger partial charge in [0.25, 0.3) is 5.91 Å². The lowest BCUT2D eigenvalue weighted by Gasteiger charge is -2.18. The number of ether oxygens (including phenoxy) is 1. The minimum Gasteiger partial charge on any atom is -0.427 e. The summed E-state index contributed by atoms with van der Waals surface area (Å²) in [5.41, 5.74) is 3.84. The molecule has 8 nitrogen and oxygen atoms in total. The van der Waals surface area contributed by atoms with Crippen LogP contribution in [0, 0.1) is 6.92 Å². The number of hydrogen-bond acceptors (Lipinski definition) is 5. The number of carbonyl (C=O) groups is 4. The van der Waals surface area contributed by atoms with Crippen molar-refractivity contribution in [3.63, 3.8) is 0 Å². The molecule has 0 aliphatic heterocycles. The molecule has 43 heavy (non-hydrogen) atoms. The summed E-state index contributed by atoms with van der Waals surface area (Å²) in [5.74, 6) is -0.176. The Balaban J connectivity index is 1.70. The third-order valence-electron chi connectivity index (χ3n) is 7.88. The molecule has 2 aromatic carbocycles. The van der Waals surface area contributed by atoms with E-state index in [0.717, 1.165) is 63.6 Å². The molecule has 0 saturated carbocycles. The summed E-state index contributed by atoms with van der Waals surface area (Å²) in [5, 5.41) is 3.71. The number of rotatable bonds is 16. The molecule has 1 aromatic heterocycles. The van der Waals surface area contributed by atoms with Gasteiger partial charge in [-0.1, -0.05) is 38.3 Å². The molecular formula is C35H47N3O5. The van der Waals surface area contributed by atoms with Crippen molar-refractivity contribution >= 4 is 34.6 Å². The molecule has 0 bridgehead atoms. The highest BCUT2D eigenvalue weighted by Gasteiger charge is 2.22. The van der Waals surface area contributed by atoms with Crippen molar-refractivity contribution in [1.82, 2.24) is 14.8 Å².